The van der Waals surface area contributed by atoms with Crippen LogP contribution >= 0.6 is 0 Å². The van der Waals surface area contributed by atoms with E-state index >= 15 is 0 Å². The molecule has 2 aromatic rings. The van der Waals surface area contributed by atoms with Gasteiger partial charge in [0.1, 0.15) is 23.9 Å². The second kappa shape index (κ2) is 19.3. The third-order valence-corrected chi connectivity index (χ3v) is 14.3. The Morgan fingerprint density at radius 2 is 1.76 bits per heavy atom. The number of aliphatic hydroxyl groups is 2. The van der Waals surface area contributed by atoms with Crippen molar-refractivity contribution in [2.24, 2.45) is 23.7 Å². The van der Waals surface area contributed by atoms with E-state index in [1.54, 1.807) is 26.0 Å². The van der Waals surface area contributed by atoms with Crippen molar-refractivity contribution in [3.8, 4) is 5.75 Å². The number of aryl methyl sites for hydroxylation is 1. The Balaban J connectivity index is 1.40. The number of hydrogen-bond acceptors (Lipinski definition) is 14. The van der Waals surface area contributed by atoms with Crippen LogP contribution in [-0.2, 0) is 35.0 Å². The van der Waals surface area contributed by atoms with Gasteiger partial charge in [0, 0.05) is 42.2 Å². The quantitative estimate of drug-likeness (QED) is 0.217. The molecule has 1 aromatic carbocycles. The number of carbonyl (C=O) groups is 3. The zero-order valence-electron chi connectivity index (χ0n) is 39.1. The summed E-state index contributed by atoms with van der Waals surface area (Å²) in [6.07, 6.45) is 0.214. The minimum Gasteiger partial charge on any atom is -0.497 e. The summed E-state index contributed by atoms with van der Waals surface area (Å²) in [5, 5.41) is 29.2. The van der Waals surface area contributed by atoms with Gasteiger partial charge in [0.15, 0.2) is 17.7 Å². The fourth-order valence-electron chi connectivity index (χ4n) is 11.4. The summed E-state index contributed by atoms with van der Waals surface area (Å²) >= 11 is 0. The van der Waals surface area contributed by atoms with Crippen LogP contribution in [-0.4, -0.2) is 154 Å². The van der Waals surface area contributed by atoms with E-state index in [-0.39, 0.29) is 36.4 Å². The molecule has 1 aromatic heterocycles. The Labute approximate surface area is 368 Å². The van der Waals surface area contributed by atoms with Crippen LogP contribution in [0.4, 0.5) is 4.79 Å². The lowest BCUT2D eigenvalue weighted by molar-refractivity contribution is -0.293. The number of aromatic nitrogens is 1. The minimum atomic E-state index is -1.64. The molecule has 2 N–H and O–H groups in total. The SMILES string of the molecule is CCCN1CN(CCCc2ccnc3cc(OC)ccc23)N2C(=O)O[C@]3(C)[C@H](CC)OC(=O)[C@H](C)C(=O)[C@H](C)[C@@H](O[C@@H]4O[C@H](C)C[C@H](N(C)C)[C@H]4O)[C@@](C)(O)C[C@@H](C)C1[C@@H](C)[C@@H]23. The predicted molar refractivity (Wildman–Crippen MR) is 234 cm³/mol. The van der Waals surface area contributed by atoms with Crippen LogP contribution in [0.1, 0.15) is 100.0 Å². The van der Waals surface area contributed by atoms with Crippen molar-refractivity contribution < 1.29 is 48.3 Å². The summed E-state index contributed by atoms with van der Waals surface area (Å²) in [6.45, 7) is 18.6. The number of esters is 1. The molecule has 0 spiro atoms. The normalized spacial score (nSPS) is 37.9. The fraction of sp³-hybridized carbons (Fsp3) is 0.745. The molecular weight excluding hydrogens is 795 g/mol. The van der Waals surface area contributed by atoms with Crippen LogP contribution in [0.5, 0.6) is 5.75 Å². The molecule has 15 heteroatoms. The largest absolute Gasteiger partial charge is 0.497 e. The average Bonchev–Trinajstić information content (AvgIpc) is 3.42. The van der Waals surface area contributed by atoms with E-state index in [9.17, 15) is 24.6 Å². The van der Waals surface area contributed by atoms with Crippen LogP contribution in [0, 0.1) is 23.7 Å². The highest BCUT2D eigenvalue weighted by Crippen LogP contribution is 2.47. The maximum absolute atomic E-state index is 14.5. The van der Waals surface area contributed by atoms with Gasteiger partial charge in [0.05, 0.1) is 43.1 Å². The zero-order valence-corrected chi connectivity index (χ0v) is 39.1. The van der Waals surface area contributed by atoms with Gasteiger partial charge in [-0.05, 0) is 122 Å². The second-order valence-electron chi connectivity index (χ2n) is 19.2. The first-order chi connectivity index (χ1) is 29.3. The summed E-state index contributed by atoms with van der Waals surface area (Å²) in [6, 6.07) is 6.88. The van der Waals surface area contributed by atoms with Gasteiger partial charge in [0.2, 0.25) is 0 Å². The van der Waals surface area contributed by atoms with Gasteiger partial charge < -0.3 is 38.8 Å². The monoisotopic (exact) mass is 868 g/mol. The van der Waals surface area contributed by atoms with Crippen LogP contribution < -0.4 is 4.74 Å². The summed E-state index contributed by atoms with van der Waals surface area (Å²) in [4.78, 5) is 51.9. The number of rotatable bonds is 11. The third-order valence-electron chi connectivity index (χ3n) is 14.3. The zero-order chi connectivity index (χ0) is 45.4. The van der Waals surface area contributed by atoms with Gasteiger partial charge >= 0.3 is 12.1 Å². The van der Waals surface area contributed by atoms with Crippen molar-refractivity contribution in [2.75, 3.05) is 41.0 Å². The number of Topliss-reactive ketones (excluding diaryl/α,β-unsaturated/α-hetero) is 1. The lowest BCUT2D eigenvalue weighted by atomic mass is 9.71. The lowest BCUT2D eigenvalue weighted by Crippen LogP contribution is -2.61. The number of hydrogen-bond donors (Lipinski definition) is 2. The Morgan fingerprint density at radius 1 is 1.03 bits per heavy atom. The topological polar surface area (TPSA) is 164 Å². The summed E-state index contributed by atoms with van der Waals surface area (Å²) in [5.74, 6) is -3.16. The van der Waals surface area contributed by atoms with E-state index in [1.807, 2.05) is 70.2 Å². The summed E-state index contributed by atoms with van der Waals surface area (Å²) in [5.41, 5.74) is -0.928. The molecule has 4 aliphatic heterocycles. The van der Waals surface area contributed by atoms with Gasteiger partial charge in [-0.25, -0.2) is 14.8 Å². The average molecular weight is 868 g/mol. The van der Waals surface area contributed by atoms with Crippen LogP contribution in [0.15, 0.2) is 30.5 Å². The van der Waals surface area contributed by atoms with Gasteiger partial charge in [-0.2, -0.15) is 0 Å². The number of nitrogens with zero attached hydrogens (tertiary/aromatic N) is 5. The molecular formula is C47H73N5O10. The van der Waals surface area contributed by atoms with E-state index in [0.717, 1.165) is 35.1 Å². The molecule has 1 unspecified atom stereocenters. The molecule has 4 aliphatic rings. The van der Waals surface area contributed by atoms with E-state index in [4.69, 9.17) is 23.7 Å². The highest BCUT2D eigenvalue weighted by atomic mass is 16.7. The number of amides is 1. The molecule has 0 aliphatic carbocycles. The van der Waals surface area contributed by atoms with E-state index < -0.39 is 71.5 Å². The number of ether oxygens (including phenoxy) is 5. The molecule has 2 bridgehead atoms. The molecule has 62 heavy (non-hydrogen) atoms. The molecule has 6 rings (SSSR count). The van der Waals surface area contributed by atoms with Crippen molar-refractivity contribution in [2.45, 2.75) is 161 Å². The van der Waals surface area contributed by atoms with Gasteiger partial charge in [-0.15, -0.1) is 0 Å². The lowest BCUT2D eigenvalue weighted by Gasteiger charge is -2.48. The molecule has 4 saturated heterocycles. The van der Waals surface area contributed by atoms with E-state index in [2.05, 4.69) is 35.7 Å². The van der Waals surface area contributed by atoms with Crippen LogP contribution in [0.25, 0.3) is 10.9 Å². The number of aliphatic hydroxyl groups excluding tert-OH is 1. The molecule has 15 nitrogen and oxygen atoms in total. The van der Waals surface area contributed by atoms with Crippen molar-refractivity contribution in [3.63, 3.8) is 0 Å². The van der Waals surface area contributed by atoms with Crippen LogP contribution in [0.3, 0.4) is 0 Å². The molecule has 0 saturated carbocycles. The maximum atomic E-state index is 14.5. The standard InChI is InChI=1S/C47H73N5O10/c1-13-21-50-26-51(22-15-16-32-19-20-48-35-24-33(58-12)17-18-34(32)35)52-41-29(5)38(50)27(3)25-46(8,57)42(61-44-40(54)36(49(10)11)23-28(4)59-44)30(6)39(53)31(7)43(55)60-37(14-2)47(41,9)62-45(52)56/h17-20,24,27-31,36-38,40-42,44,54,57H,13-16,21-23,25-26H2,1-12H3/t27-,28-,29-,30+,31-,36+,37+,38?,40-,41-,42-,44+,46+,47-/m1/s1. The number of likely N-dealkylation sites (N-methyl/N-ethyl adjacent to an activating group) is 1. The number of fused-ring (bicyclic) bond motifs is 2. The highest BCUT2D eigenvalue weighted by Gasteiger charge is 2.63. The second-order valence-corrected chi connectivity index (χ2v) is 19.2. The number of cyclic esters (lactones) is 1. The van der Waals surface area contributed by atoms with Gasteiger partial charge in [-0.3, -0.25) is 19.5 Å². The first kappa shape index (κ1) is 48.0. The molecule has 346 valence electrons. The summed E-state index contributed by atoms with van der Waals surface area (Å²) < 4.78 is 31.0. The smallest absolute Gasteiger partial charge is 0.425 e. The predicted octanol–water partition coefficient (Wildman–Crippen LogP) is 5.43. The number of hydrazine groups is 1. The molecule has 4 fully saturated rings. The van der Waals surface area contributed by atoms with Gasteiger partial charge in [0.25, 0.3) is 0 Å². The minimum absolute atomic E-state index is 0.203. The Morgan fingerprint density at radius 3 is 2.42 bits per heavy atom. The number of benzene rings is 1. The first-order valence-electron chi connectivity index (χ1n) is 22.8. The van der Waals surface area contributed by atoms with E-state index in [1.165, 1.54) is 6.92 Å². The number of carbonyl (C=O) groups excluding carboxylic acids is 3. The van der Waals surface area contributed by atoms with Crippen molar-refractivity contribution in [1.29, 1.82) is 0 Å². The van der Waals surface area contributed by atoms with Crippen molar-refractivity contribution >= 4 is 28.7 Å². The number of ketones is 1. The Kier molecular flexibility index (Phi) is 15.0. The summed E-state index contributed by atoms with van der Waals surface area (Å²) in [7, 11) is 5.41. The number of methoxy groups -OCH3 is 1. The molecule has 5 heterocycles. The van der Waals surface area contributed by atoms with Crippen molar-refractivity contribution in [1.82, 2.24) is 24.8 Å². The molecule has 14 atom stereocenters. The van der Waals surface area contributed by atoms with E-state index in [0.29, 0.717) is 39.0 Å². The van der Waals surface area contributed by atoms with Crippen LogP contribution in [0.2, 0.25) is 0 Å². The maximum Gasteiger partial charge on any atom is 0.425 e. The highest BCUT2D eigenvalue weighted by molar-refractivity contribution is 6.00. The molecule has 0 radical (unpaired) electrons. The Bertz CT molecular complexity index is 1900. The number of pyridine rings is 1. The van der Waals surface area contributed by atoms with Gasteiger partial charge in [-0.1, -0.05) is 34.6 Å². The first-order valence-corrected chi connectivity index (χ1v) is 22.8. The Hall–Kier alpha value is -3.44. The fourth-order valence-corrected chi connectivity index (χ4v) is 11.4. The molecule has 1 amide bonds. The van der Waals surface area contributed by atoms with Crippen molar-refractivity contribution in [3.05, 3.63) is 36.0 Å². The third kappa shape index (κ3) is 9.36.